The van der Waals surface area contributed by atoms with Crippen molar-refractivity contribution < 1.29 is 9.47 Å². The molecule has 0 fully saturated rings. The van der Waals surface area contributed by atoms with E-state index in [2.05, 4.69) is 49.5 Å². The van der Waals surface area contributed by atoms with E-state index in [-0.39, 0.29) is 0 Å². The van der Waals surface area contributed by atoms with E-state index in [1.807, 2.05) is 12.1 Å². The van der Waals surface area contributed by atoms with Gasteiger partial charge < -0.3 is 14.8 Å². The molecular formula is C22H31NO2. The number of nitrogens with one attached hydrogen (secondary N) is 1. The summed E-state index contributed by atoms with van der Waals surface area (Å²) in [6.45, 7) is 6.69. The second-order valence-electron chi connectivity index (χ2n) is 6.45. The number of rotatable bonds is 11. The van der Waals surface area contributed by atoms with Crippen LogP contribution in [-0.4, -0.2) is 13.7 Å². The Morgan fingerprint density at radius 2 is 1.80 bits per heavy atom. The van der Waals surface area contributed by atoms with Crippen molar-refractivity contribution in [1.82, 2.24) is 5.32 Å². The van der Waals surface area contributed by atoms with Crippen molar-refractivity contribution in [1.29, 1.82) is 0 Å². The number of hydrogen-bond donors (Lipinski definition) is 1. The molecule has 136 valence electrons. The molecule has 0 aromatic heterocycles. The predicted molar refractivity (Wildman–Crippen MR) is 104 cm³/mol. The summed E-state index contributed by atoms with van der Waals surface area (Å²) in [5, 5.41) is 3.51. The maximum atomic E-state index is 6.06. The number of aryl methyl sites for hydroxylation is 1. The fourth-order valence-electron chi connectivity index (χ4n) is 2.89. The van der Waals surface area contributed by atoms with Crippen LogP contribution in [0.25, 0.3) is 0 Å². The molecule has 0 bridgehead atoms. The van der Waals surface area contributed by atoms with Crippen molar-refractivity contribution in [3.8, 4) is 11.5 Å². The summed E-state index contributed by atoms with van der Waals surface area (Å²) in [4.78, 5) is 0. The molecule has 3 heteroatoms. The molecule has 0 aliphatic carbocycles. The maximum absolute atomic E-state index is 6.06. The molecule has 0 spiro atoms. The first-order valence-corrected chi connectivity index (χ1v) is 9.29. The van der Waals surface area contributed by atoms with Gasteiger partial charge in [-0.2, -0.15) is 0 Å². The topological polar surface area (TPSA) is 30.5 Å². The van der Waals surface area contributed by atoms with Gasteiger partial charge in [-0.3, -0.25) is 0 Å². The van der Waals surface area contributed by atoms with Crippen molar-refractivity contribution in [2.75, 3.05) is 13.7 Å². The molecule has 0 radical (unpaired) electrons. The van der Waals surface area contributed by atoms with Crippen LogP contribution in [0.5, 0.6) is 11.5 Å². The molecular weight excluding hydrogens is 310 g/mol. The summed E-state index contributed by atoms with van der Waals surface area (Å²) in [5.74, 6) is 1.68. The van der Waals surface area contributed by atoms with Crippen molar-refractivity contribution in [3.63, 3.8) is 0 Å². The van der Waals surface area contributed by atoms with Crippen LogP contribution in [-0.2, 0) is 13.1 Å². The SMILES string of the molecule is CCCCCCOc1c(CNCc2cccc(C)c2)cccc1OC. The molecule has 0 atom stereocenters. The van der Waals surface area contributed by atoms with Gasteiger partial charge in [-0.25, -0.2) is 0 Å². The molecule has 0 saturated heterocycles. The highest BCUT2D eigenvalue weighted by atomic mass is 16.5. The number of hydrogen-bond acceptors (Lipinski definition) is 3. The molecule has 0 amide bonds. The monoisotopic (exact) mass is 341 g/mol. The Morgan fingerprint density at radius 3 is 2.56 bits per heavy atom. The standard InChI is InChI=1S/C22H31NO2/c1-4-5-6-7-14-25-22-20(12-9-13-21(22)24-3)17-23-16-19-11-8-10-18(2)15-19/h8-13,15,23H,4-7,14,16-17H2,1-3H3. The van der Waals surface area contributed by atoms with Gasteiger partial charge in [0.1, 0.15) is 0 Å². The second-order valence-corrected chi connectivity index (χ2v) is 6.45. The zero-order valence-electron chi connectivity index (χ0n) is 15.8. The van der Waals surface area contributed by atoms with Gasteiger partial charge >= 0.3 is 0 Å². The summed E-state index contributed by atoms with van der Waals surface area (Å²) in [5.41, 5.74) is 3.73. The average molecular weight is 341 g/mol. The molecule has 0 heterocycles. The molecule has 0 aliphatic rings. The number of ether oxygens (including phenoxy) is 2. The fourth-order valence-corrected chi connectivity index (χ4v) is 2.89. The summed E-state index contributed by atoms with van der Waals surface area (Å²) >= 11 is 0. The number of para-hydroxylation sites is 1. The lowest BCUT2D eigenvalue weighted by Crippen LogP contribution is -2.14. The van der Waals surface area contributed by atoms with E-state index >= 15 is 0 Å². The first kappa shape index (κ1) is 19.3. The van der Waals surface area contributed by atoms with E-state index in [1.165, 1.54) is 30.4 Å². The summed E-state index contributed by atoms with van der Waals surface area (Å²) < 4.78 is 11.6. The van der Waals surface area contributed by atoms with Crippen LogP contribution >= 0.6 is 0 Å². The van der Waals surface area contributed by atoms with E-state index in [9.17, 15) is 0 Å². The molecule has 0 aliphatic heterocycles. The van der Waals surface area contributed by atoms with Gasteiger partial charge in [0, 0.05) is 18.7 Å². The minimum atomic E-state index is 0.741. The third-order valence-electron chi connectivity index (χ3n) is 4.25. The van der Waals surface area contributed by atoms with Crippen LogP contribution in [0, 0.1) is 6.92 Å². The van der Waals surface area contributed by atoms with Gasteiger partial charge in [0.25, 0.3) is 0 Å². The first-order valence-electron chi connectivity index (χ1n) is 9.29. The Bertz CT molecular complexity index is 640. The van der Waals surface area contributed by atoms with Crippen LogP contribution < -0.4 is 14.8 Å². The van der Waals surface area contributed by atoms with Crippen LogP contribution in [0.1, 0.15) is 49.3 Å². The number of methoxy groups -OCH3 is 1. The molecule has 2 aromatic rings. The van der Waals surface area contributed by atoms with Crippen LogP contribution in [0.2, 0.25) is 0 Å². The summed E-state index contributed by atoms with van der Waals surface area (Å²) in [7, 11) is 1.70. The highest BCUT2D eigenvalue weighted by Gasteiger charge is 2.10. The lowest BCUT2D eigenvalue weighted by atomic mass is 10.1. The Morgan fingerprint density at radius 1 is 0.960 bits per heavy atom. The van der Waals surface area contributed by atoms with Gasteiger partial charge in [-0.05, 0) is 25.0 Å². The lowest BCUT2D eigenvalue weighted by Gasteiger charge is -2.16. The third kappa shape index (κ3) is 6.43. The van der Waals surface area contributed by atoms with Crippen molar-refractivity contribution in [2.45, 2.75) is 52.6 Å². The van der Waals surface area contributed by atoms with Crippen LogP contribution in [0.3, 0.4) is 0 Å². The molecule has 25 heavy (non-hydrogen) atoms. The zero-order valence-corrected chi connectivity index (χ0v) is 15.8. The minimum absolute atomic E-state index is 0.741. The minimum Gasteiger partial charge on any atom is -0.493 e. The highest BCUT2D eigenvalue weighted by Crippen LogP contribution is 2.31. The normalized spacial score (nSPS) is 10.7. The average Bonchev–Trinajstić information content (AvgIpc) is 2.62. The molecule has 0 saturated carbocycles. The van der Waals surface area contributed by atoms with E-state index in [4.69, 9.17) is 9.47 Å². The molecule has 1 N–H and O–H groups in total. The largest absolute Gasteiger partial charge is 0.493 e. The van der Waals surface area contributed by atoms with Gasteiger partial charge in [0.2, 0.25) is 0 Å². The first-order chi connectivity index (χ1) is 12.2. The molecule has 0 unspecified atom stereocenters. The van der Waals surface area contributed by atoms with E-state index in [0.717, 1.165) is 43.2 Å². The predicted octanol–water partition coefficient (Wildman–Crippen LogP) is 5.25. The van der Waals surface area contributed by atoms with Crippen LogP contribution in [0.4, 0.5) is 0 Å². The molecule has 2 rings (SSSR count). The van der Waals surface area contributed by atoms with E-state index in [0.29, 0.717) is 0 Å². The Labute approximate surface area is 152 Å². The van der Waals surface area contributed by atoms with Gasteiger partial charge in [0.05, 0.1) is 13.7 Å². The summed E-state index contributed by atoms with van der Waals surface area (Å²) in [6, 6.07) is 14.7. The number of benzene rings is 2. The third-order valence-corrected chi connectivity index (χ3v) is 4.25. The fraction of sp³-hybridized carbons (Fsp3) is 0.455. The van der Waals surface area contributed by atoms with Crippen LogP contribution in [0.15, 0.2) is 42.5 Å². The van der Waals surface area contributed by atoms with Crippen molar-refractivity contribution >= 4 is 0 Å². The van der Waals surface area contributed by atoms with Crippen molar-refractivity contribution in [3.05, 3.63) is 59.2 Å². The number of unbranched alkanes of at least 4 members (excludes halogenated alkanes) is 3. The van der Waals surface area contributed by atoms with Gasteiger partial charge in [-0.1, -0.05) is 68.1 Å². The summed E-state index contributed by atoms with van der Waals surface area (Å²) in [6.07, 6.45) is 4.80. The maximum Gasteiger partial charge on any atom is 0.165 e. The highest BCUT2D eigenvalue weighted by molar-refractivity contribution is 5.46. The Kier molecular flexibility index (Phi) is 8.33. The second kappa shape index (κ2) is 10.8. The van der Waals surface area contributed by atoms with Gasteiger partial charge in [-0.15, -0.1) is 0 Å². The zero-order chi connectivity index (χ0) is 17.9. The molecule has 3 nitrogen and oxygen atoms in total. The quantitative estimate of drug-likeness (QED) is 0.566. The van der Waals surface area contributed by atoms with Crippen molar-refractivity contribution in [2.24, 2.45) is 0 Å². The van der Waals surface area contributed by atoms with Gasteiger partial charge in [0.15, 0.2) is 11.5 Å². The Hall–Kier alpha value is -2.00. The smallest absolute Gasteiger partial charge is 0.165 e. The Balaban J connectivity index is 1.94. The lowest BCUT2D eigenvalue weighted by molar-refractivity contribution is 0.281. The van der Waals surface area contributed by atoms with E-state index in [1.54, 1.807) is 7.11 Å². The molecule has 2 aromatic carbocycles. The van der Waals surface area contributed by atoms with E-state index < -0.39 is 0 Å².